The molecule has 2 aromatic rings. The molecule has 0 bridgehead atoms. The van der Waals surface area contributed by atoms with Gasteiger partial charge in [0.2, 0.25) is 0 Å². The highest BCUT2D eigenvalue weighted by atomic mass is 19.1. The highest BCUT2D eigenvalue weighted by Gasteiger charge is 2.07. The van der Waals surface area contributed by atoms with Crippen LogP contribution < -0.4 is 11.1 Å². The van der Waals surface area contributed by atoms with Gasteiger partial charge in [-0.3, -0.25) is 0 Å². The summed E-state index contributed by atoms with van der Waals surface area (Å²) in [5.74, 6) is -0.518. The van der Waals surface area contributed by atoms with Crippen molar-refractivity contribution in [1.29, 1.82) is 0 Å². The molecular formula is C16H18FN3O. The van der Waals surface area contributed by atoms with Crippen LogP contribution >= 0.6 is 0 Å². The lowest BCUT2D eigenvalue weighted by Crippen LogP contribution is -2.19. The molecule has 5 heteroatoms. The zero-order valence-electron chi connectivity index (χ0n) is 11.8. The van der Waals surface area contributed by atoms with Crippen molar-refractivity contribution in [2.24, 2.45) is 10.9 Å². The monoisotopic (exact) mass is 287 g/mol. The topological polar surface area (TPSA) is 70.6 Å². The van der Waals surface area contributed by atoms with Crippen molar-refractivity contribution in [2.45, 2.75) is 19.5 Å². The molecule has 0 saturated carbocycles. The number of rotatable bonds is 5. The first-order valence-electron chi connectivity index (χ1n) is 6.66. The van der Waals surface area contributed by atoms with E-state index in [9.17, 15) is 4.39 Å². The fraction of sp³-hybridized carbons (Fsp3) is 0.188. The second-order valence-corrected chi connectivity index (χ2v) is 4.85. The van der Waals surface area contributed by atoms with E-state index in [1.165, 1.54) is 12.1 Å². The van der Waals surface area contributed by atoms with Gasteiger partial charge in [-0.1, -0.05) is 35.5 Å². The van der Waals surface area contributed by atoms with Crippen molar-refractivity contribution in [3.05, 3.63) is 71.0 Å². The predicted molar refractivity (Wildman–Crippen MR) is 80.6 cm³/mol. The van der Waals surface area contributed by atoms with Gasteiger partial charge in [-0.2, -0.15) is 0 Å². The van der Waals surface area contributed by atoms with Crippen LogP contribution in [0.4, 0.5) is 4.39 Å². The Morgan fingerprint density at radius 2 is 2.00 bits per heavy atom. The lowest BCUT2D eigenvalue weighted by Gasteiger charge is -2.14. The number of halogens is 1. The third-order valence-corrected chi connectivity index (χ3v) is 3.27. The van der Waals surface area contributed by atoms with Crippen LogP contribution in [-0.4, -0.2) is 11.0 Å². The lowest BCUT2D eigenvalue weighted by molar-refractivity contribution is 0.318. The van der Waals surface area contributed by atoms with Gasteiger partial charge in [-0.15, -0.1) is 0 Å². The van der Waals surface area contributed by atoms with E-state index in [-0.39, 0.29) is 11.9 Å². The normalized spacial score (nSPS) is 13.1. The fourth-order valence-corrected chi connectivity index (χ4v) is 2.09. The van der Waals surface area contributed by atoms with Crippen molar-refractivity contribution in [1.82, 2.24) is 5.32 Å². The average Bonchev–Trinajstić information content (AvgIpc) is 2.52. The van der Waals surface area contributed by atoms with E-state index in [1.807, 2.05) is 37.3 Å². The number of nitrogens with one attached hydrogen (secondary N) is 1. The lowest BCUT2D eigenvalue weighted by atomic mass is 10.1. The van der Waals surface area contributed by atoms with Crippen LogP contribution in [0.2, 0.25) is 0 Å². The smallest absolute Gasteiger partial charge is 0.170 e. The largest absolute Gasteiger partial charge is 0.409 e. The Morgan fingerprint density at radius 1 is 1.29 bits per heavy atom. The van der Waals surface area contributed by atoms with Crippen LogP contribution in [0.5, 0.6) is 0 Å². The van der Waals surface area contributed by atoms with Gasteiger partial charge in [-0.25, -0.2) is 4.39 Å². The summed E-state index contributed by atoms with van der Waals surface area (Å²) in [6.45, 7) is 2.53. The van der Waals surface area contributed by atoms with E-state index < -0.39 is 5.82 Å². The predicted octanol–water partition coefficient (Wildman–Crippen LogP) is 2.77. The van der Waals surface area contributed by atoms with Gasteiger partial charge in [0.15, 0.2) is 5.84 Å². The maximum atomic E-state index is 13.6. The highest BCUT2D eigenvalue weighted by molar-refractivity contribution is 5.97. The molecule has 4 N–H and O–H groups in total. The van der Waals surface area contributed by atoms with Gasteiger partial charge in [0, 0.05) is 18.2 Å². The molecule has 0 aliphatic rings. The molecule has 110 valence electrons. The quantitative estimate of drug-likeness (QED) is 0.343. The zero-order valence-corrected chi connectivity index (χ0v) is 11.8. The second kappa shape index (κ2) is 6.85. The summed E-state index contributed by atoms with van der Waals surface area (Å²) >= 11 is 0. The molecule has 2 aromatic carbocycles. The maximum absolute atomic E-state index is 13.6. The summed E-state index contributed by atoms with van der Waals surface area (Å²) in [7, 11) is 0. The summed E-state index contributed by atoms with van der Waals surface area (Å²) in [4.78, 5) is 0. The minimum absolute atomic E-state index is 0.105. The van der Waals surface area contributed by atoms with Crippen molar-refractivity contribution >= 4 is 5.84 Å². The van der Waals surface area contributed by atoms with Crippen molar-refractivity contribution in [2.75, 3.05) is 0 Å². The molecular weight excluding hydrogens is 269 g/mol. The second-order valence-electron chi connectivity index (χ2n) is 4.85. The molecule has 0 amide bonds. The molecule has 0 radical (unpaired) electrons. The molecule has 0 aliphatic carbocycles. The van der Waals surface area contributed by atoms with Gasteiger partial charge in [-0.05, 0) is 36.2 Å². The van der Waals surface area contributed by atoms with Crippen LogP contribution in [0.25, 0.3) is 0 Å². The van der Waals surface area contributed by atoms with Gasteiger partial charge >= 0.3 is 0 Å². The first-order valence-corrected chi connectivity index (χ1v) is 6.66. The Kier molecular flexibility index (Phi) is 4.90. The van der Waals surface area contributed by atoms with Gasteiger partial charge in [0.05, 0.1) is 0 Å². The number of nitrogens with zero attached hydrogens (tertiary/aromatic N) is 1. The summed E-state index contributed by atoms with van der Waals surface area (Å²) in [5, 5.41) is 14.9. The van der Waals surface area contributed by atoms with Crippen molar-refractivity contribution in [3.8, 4) is 0 Å². The molecule has 0 fully saturated rings. The Labute approximate surface area is 123 Å². The Bertz CT molecular complexity index is 629. The molecule has 0 aliphatic heterocycles. The van der Waals surface area contributed by atoms with Crippen LogP contribution in [0.3, 0.4) is 0 Å². The Hall–Kier alpha value is -2.40. The average molecular weight is 287 g/mol. The molecule has 1 atom stereocenters. The molecule has 21 heavy (non-hydrogen) atoms. The molecule has 0 spiro atoms. The van der Waals surface area contributed by atoms with Crippen LogP contribution in [0.1, 0.15) is 29.7 Å². The molecule has 0 aromatic heterocycles. The standard InChI is InChI=1S/C16H18FN3O/c1-11(13-5-3-2-4-6-13)19-10-12-7-14(16(18)20-21)9-15(17)8-12/h2-9,11,19,21H,10H2,1H3,(H2,18,20). The number of benzene rings is 2. The van der Waals surface area contributed by atoms with Crippen molar-refractivity contribution < 1.29 is 9.60 Å². The molecule has 0 heterocycles. The molecule has 4 nitrogen and oxygen atoms in total. The maximum Gasteiger partial charge on any atom is 0.170 e. The van der Waals surface area contributed by atoms with E-state index in [0.29, 0.717) is 12.1 Å². The van der Waals surface area contributed by atoms with Gasteiger partial charge in [0.25, 0.3) is 0 Å². The molecule has 2 rings (SSSR count). The third-order valence-electron chi connectivity index (χ3n) is 3.27. The van der Waals surface area contributed by atoms with Crippen LogP contribution in [-0.2, 0) is 6.54 Å². The number of nitrogens with two attached hydrogens (primary N) is 1. The minimum atomic E-state index is -0.414. The highest BCUT2D eigenvalue weighted by Crippen LogP contribution is 2.14. The van der Waals surface area contributed by atoms with Gasteiger partial charge in [0.1, 0.15) is 5.82 Å². The fourth-order valence-electron chi connectivity index (χ4n) is 2.09. The number of hydrogen-bond donors (Lipinski definition) is 3. The first kappa shape index (κ1) is 15.0. The number of hydrogen-bond acceptors (Lipinski definition) is 3. The summed E-state index contributed by atoms with van der Waals surface area (Å²) < 4.78 is 13.6. The van der Waals surface area contributed by atoms with Crippen molar-refractivity contribution in [3.63, 3.8) is 0 Å². The number of oxime groups is 1. The van der Waals surface area contributed by atoms with Crippen LogP contribution in [0, 0.1) is 5.82 Å². The number of amidine groups is 1. The SMILES string of the molecule is CC(NCc1cc(F)cc(/C(N)=N/O)c1)c1ccccc1. The minimum Gasteiger partial charge on any atom is -0.409 e. The van der Waals surface area contributed by atoms with Crippen LogP contribution in [0.15, 0.2) is 53.7 Å². The van der Waals surface area contributed by atoms with E-state index in [1.54, 1.807) is 6.07 Å². The van der Waals surface area contributed by atoms with E-state index in [0.717, 1.165) is 11.1 Å². The van der Waals surface area contributed by atoms with E-state index >= 15 is 0 Å². The summed E-state index contributed by atoms with van der Waals surface area (Å²) in [6.07, 6.45) is 0. The Morgan fingerprint density at radius 3 is 2.67 bits per heavy atom. The van der Waals surface area contributed by atoms with E-state index in [4.69, 9.17) is 10.9 Å². The van der Waals surface area contributed by atoms with Gasteiger partial charge < -0.3 is 16.3 Å². The third kappa shape index (κ3) is 4.03. The summed E-state index contributed by atoms with van der Waals surface area (Å²) in [5.41, 5.74) is 7.75. The molecule has 0 saturated heterocycles. The Balaban J connectivity index is 2.08. The summed E-state index contributed by atoms with van der Waals surface area (Å²) in [6, 6.07) is 14.5. The molecule has 1 unspecified atom stereocenters. The zero-order chi connectivity index (χ0) is 15.2. The first-order chi connectivity index (χ1) is 10.1. The van der Waals surface area contributed by atoms with E-state index in [2.05, 4.69) is 10.5 Å².